The molecule has 0 aliphatic heterocycles. The van der Waals surface area contributed by atoms with Crippen molar-refractivity contribution in [1.82, 2.24) is 10.3 Å². The van der Waals surface area contributed by atoms with Crippen molar-refractivity contribution < 1.29 is 9.18 Å². The molecule has 0 spiro atoms. The van der Waals surface area contributed by atoms with E-state index in [1.165, 1.54) is 24.3 Å². The minimum absolute atomic E-state index is 0.116. The third-order valence-corrected chi connectivity index (χ3v) is 3.31. The number of halogens is 1. The molecule has 0 aliphatic rings. The molecule has 0 fully saturated rings. The topological polar surface area (TPSA) is 68.0 Å². The summed E-state index contributed by atoms with van der Waals surface area (Å²) in [5.41, 5.74) is 7.50. The highest BCUT2D eigenvalue weighted by Gasteiger charge is 2.07. The maximum atomic E-state index is 13.9. The van der Waals surface area contributed by atoms with Gasteiger partial charge in [-0.15, -0.1) is 11.3 Å². The number of aromatic nitrogens is 1. The van der Waals surface area contributed by atoms with Crippen molar-refractivity contribution in [3.8, 4) is 11.3 Å². The Labute approximate surface area is 114 Å². The number of nitrogens with two attached hydrogens (primary N) is 1. The number of rotatable bonds is 4. The molecule has 0 aliphatic carbocycles. The highest BCUT2D eigenvalue weighted by Crippen LogP contribution is 2.24. The summed E-state index contributed by atoms with van der Waals surface area (Å²) in [5.74, 6) is -0.413. The van der Waals surface area contributed by atoms with Crippen molar-refractivity contribution in [2.24, 2.45) is 0 Å². The second-order valence-corrected chi connectivity index (χ2v) is 5.00. The Morgan fingerprint density at radius 3 is 2.89 bits per heavy atom. The SMILES string of the molecule is CC(=O)NCCc1ccc(-c2csc(N)n2)cc1F. The van der Waals surface area contributed by atoms with E-state index in [1.807, 2.05) is 0 Å². The molecule has 0 atom stereocenters. The summed E-state index contributed by atoms with van der Waals surface area (Å²) in [6.07, 6.45) is 0.463. The second kappa shape index (κ2) is 5.79. The second-order valence-electron chi connectivity index (χ2n) is 4.11. The zero-order chi connectivity index (χ0) is 13.8. The van der Waals surface area contributed by atoms with Crippen molar-refractivity contribution >= 4 is 22.4 Å². The van der Waals surface area contributed by atoms with Crippen LogP contribution in [-0.2, 0) is 11.2 Å². The Morgan fingerprint density at radius 1 is 1.53 bits per heavy atom. The van der Waals surface area contributed by atoms with Gasteiger partial charge in [-0.3, -0.25) is 4.79 Å². The Kier molecular flexibility index (Phi) is 4.11. The molecule has 2 rings (SSSR count). The van der Waals surface area contributed by atoms with Crippen molar-refractivity contribution in [3.05, 3.63) is 35.0 Å². The summed E-state index contributed by atoms with van der Waals surface area (Å²) >= 11 is 1.32. The van der Waals surface area contributed by atoms with Gasteiger partial charge >= 0.3 is 0 Å². The average Bonchev–Trinajstić information content (AvgIpc) is 2.77. The maximum absolute atomic E-state index is 13.9. The van der Waals surface area contributed by atoms with E-state index in [9.17, 15) is 9.18 Å². The number of hydrogen-bond acceptors (Lipinski definition) is 4. The normalized spacial score (nSPS) is 10.4. The van der Waals surface area contributed by atoms with Crippen molar-refractivity contribution in [2.75, 3.05) is 12.3 Å². The third-order valence-electron chi connectivity index (χ3n) is 2.64. The van der Waals surface area contributed by atoms with Gasteiger partial charge in [0, 0.05) is 24.4 Å². The predicted molar refractivity (Wildman–Crippen MR) is 74.3 cm³/mol. The molecule has 6 heteroatoms. The lowest BCUT2D eigenvalue weighted by atomic mass is 10.1. The van der Waals surface area contributed by atoms with Crippen molar-refractivity contribution in [3.63, 3.8) is 0 Å². The van der Waals surface area contributed by atoms with Crippen molar-refractivity contribution in [1.29, 1.82) is 0 Å². The van der Waals surface area contributed by atoms with Crippen LogP contribution in [0.2, 0.25) is 0 Å². The molecular weight excluding hydrogens is 265 g/mol. The van der Waals surface area contributed by atoms with E-state index in [2.05, 4.69) is 10.3 Å². The number of nitrogens with zero attached hydrogens (tertiary/aromatic N) is 1. The minimum atomic E-state index is -0.297. The van der Waals surface area contributed by atoms with Crippen LogP contribution in [0.5, 0.6) is 0 Å². The summed E-state index contributed by atoms with van der Waals surface area (Å²) in [6, 6.07) is 4.96. The summed E-state index contributed by atoms with van der Waals surface area (Å²) in [7, 11) is 0. The van der Waals surface area contributed by atoms with Gasteiger partial charge in [0.15, 0.2) is 5.13 Å². The molecule has 1 heterocycles. The van der Waals surface area contributed by atoms with Crippen LogP contribution in [-0.4, -0.2) is 17.4 Å². The number of nitrogens with one attached hydrogen (secondary N) is 1. The number of nitrogen functional groups attached to an aromatic ring is 1. The predicted octanol–water partition coefficient (Wildman–Crippen LogP) is 2.21. The quantitative estimate of drug-likeness (QED) is 0.901. The van der Waals surface area contributed by atoms with E-state index >= 15 is 0 Å². The van der Waals surface area contributed by atoms with Gasteiger partial charge in [0.2, 0.25) is 5.91 Å². The highest BCUT2D eigenvalue weighted by atomic mass is 32.1. The molecule has 0 saturated carbocycles. The molecule has 4 nitrogen and oxygen atoms in total. The summed E-state index contributed by atoms with van der Waals surface area (Å²) in [4.78, 5) is 14.8. The van der Waals surface area contributed by atoms with E-state index in [4.69, 9.17) is 5.73 Å². The van der Waals surface area contributed by atoms with Gasteiger partial charge in [-0.1, -0.05) is 12.1 Å². The average molecular weight is 279 g/mol. The van der Waals surface area contributed by atoms with E-state index in [1.54, 1.807) is 17.5 Å². The zero-order valence-electron chi connectivity index (χ0n) is 10.4. The first-order valence-electron chi connectivity index (χ1n) is 5.80. The maximum Gasteiger partial charge on any atom is 0.216 e. The highest BCUT2D eigenvalue weighted by molar-refractivity contribution is 7.13. The summed E-state index contributed by atoms with van der Waals surface area (Å²) in [6.45, 7) is 1.86. The Hall–Kier alpha value is -1.95. The van der Waals surface area contributed by atoms with Crippen LogP contribution in [0.15, 0.2) is 23.6 Å². The fourth-order valence-corrected chi connectivity index (χ4v) is 2.28. The van der Waals surface area contributed by atoms with Crippen LogP contribution in [0.25, 0.3) is 11.3 Å². The zero-order valence-corrected chi connectivity index (χ0v) is 11.3. The number of benzene rings is 1. The first kappa shape index (κ1) is 13.5. The fraction of sp³-hybridized carbons (Fsp3) is 0.231. The number of amides is 1. The molecule has 0 bridgehead atoms. The molecule has 3 N–H and O–H groups in total. The first-order chi connectivity index (χ1) is 9.06. The largest absolute Gasteiger partial charge is 0.375 e. The van der Waals surface area contributed by atoms with Crippen LogP contribution >= 0.6 is 11.3 Å². The van der Waals surface area contributed by atoms with E-state index in [0.717, 1.165) is 0 Å². The molecule has 0 unspecified atom stereocenters. The Balaban J connectivity index is 2.11. The van der Waals surface area contributed by atoms with Gasteiger partial charge in [-0.05, 0) is 18.1 Å². The Bertz CT molecular complexity index is 597. The van der Waals surface area contributed by atoms with Crippen LogP contribution < -0.4 is 11.1 Å². The molecule has 0 radical (unpaired) electrons. The number of carbonyl (C=O) groups is 1. The van der Waals surface area contributed by atoms with E-state index in [0.29, 0.717) is 34.9 Å². The molecular formula is C13H14FN3OS. The monoisotopic (exact) mass is 279 g/mol. The van der Waals surface area contributed by atoms with Gasteiger partial charge in [0.25, 0.3) is 0 Å². The van der Waals surface area contributed by atoms with Gasteiger partial charge in [0.1, 0.15) is 5.82 Å². The van der Waals surface area contributed by atoms with E-state index < -0.39 is 0 Å². The summed E-state index contributed by atoms with van der Waals surface area (Å²) in [5, 5.41) is 4.89. The number of anilines is 1. The van der Waals surface area contributed by atoms with Gasteiger partial charge in [-0.2, -0.15) is 0 Å². The van der Waals surface area contributed by atoms with Gasteiger partial charge < -0.3 is 11.1 Å². The van der Waals surface area contributed by atoms with Crippen LogP contribution in [0.1, 0.15) is 12.5 Å². The fourth-order valence-electron chi connectivity index (χ4n) is 1.70. The standard InChI is InChI=1S/C13H14FN3OS/c1-8(18)16-5-4-9-2-3-10(6-11(9)14)12-7-19-13(15)17-12/h2-3,6-7H,4-5H2,1H3,(H2,15,17)(H,16,18). The van der Waals surface area contributed by atoms with Crippen LogP contribution in [0.3, 0.4) is 0 Å². The lowest BCUT2D eigenvalue weighted by Crippen LogP contribution is -2.22. The lowest BCUT2D eigenvalue weighted by molar-refractivity contribution is -0.118. The minimum Gasteiger partial charge on any atom is -0.375 e. The third kappa shape index (κ3) is 3.51. The van der Waals surface area contributed by atoms with Crippen LogP contribution in [0.4, 0.5) is 9.52 Å². The van der Waals surface area contributed by atoms with Crippen molar-refractivity contribution in [2.45, 2.75) is 13.3 Å². The van der Waals surface area contributed by atoms with Gasteiger partial charge in [0.05, 0.1) is 5.69 Å². The smallest absolute Gasteiger partial charge is 0.216 e. The van der Waals surface area contributed by atoms with Crippen LogP contribution in [0, 0.1) is 5.82 Å². The number of hydrogen-bond donors (Lipinski definition) is 2. The Morgan fingerprint density at radius 2 is 2.32 bits per heavy atom. The van der Waals surface area contributed by atoms with E-state index in [-0.39, 0.29) is 11.7 Å². The lowest BCUT2D eigenvalue weighted by Gasteiger charge is -2.05. The molecule has 100 valence electrons. The molecule has 1 aromatic heterocycles. The van der Waals surface area contributed by atoms with Gasteiger partial charge in [-0.25, -0.2) is 9.37 Å². The number of thiazole rings is 1. The first-order valence-corrected chi connectivity index (χ1v) is 6.68. The molecule has 1 amide bonds. The molecule has 19 heavy (non-hydrogen) atoms. The molecule has 2 aromatic rings. The number of carbonyl (C=O) groups excluding carboxylic acids is 1. The molecule has 0 saturated heterocycles. The summed E-state index contributed by atoms with van der Waals surface area (Å²) < 4.78 is 13.9. The molecule has 1 aromatic carbocycles.